The van der Waals surface area contributed by atoms with Gasteiger partial charge in [-0.25, -0.2) is 5.43 Å². The summed E-state index contributed by atoms with van der Waals surface area (Å²) in [5, 5.41) is 3.91. The summed E-state index contributed by atoms with van der Waals surface area (Å²) in [4.78, 5) is 11.7. The van der Waals surface area contributed by atoms with Gasteiger partial charge < -0.3 is 9.47 Å². The summed E-state index contributed by atoms with van der Waals surface area (Å²) in [6, 6.07) is 15.1. The maximum Gasteiger partial charge on any atom is 0.277 e. The van der Waals surface area contributed by atoms with Gasteiger partial charge >= 0.3 is 0 Å². The lowest BCUT2D eigenvalue weighted by molar-refractivity contribution is -0.123. The normalized spacial score (nSPS) is 10.5. The second-order valence-corrected chi connectivity index (χ2v) is 4.87. The van der Waals surface area contributed by atoms with Crippen LogP contribution < -0.4 is 14.9 Å². The van der Waals surface area contributed by atoms with E-state index in [2.05, 4.69) is 10.5 Å². The Balaban J connectivity index is 1.82. The van der Waals surface area contributed by atoms with E-state index in [0.29, 0.717) is 18.1 Å². The number of nitrogens with zero attached hydrogens (tertiary/aromatic N) is 1. The van der Waals surface area contributed by atoms with Gasteiger partial charge in [-0.3, -0.25) is 4.79 Å². The lowest BCUT2D eigenvalue weighted by Gasteiger charge is -2.10. The largest absolute Gasteiger partial charge is 0.490 e. The topological polar surface area (TPSA) is 59.9 Å². The fraction of sp³-hybridized carbons (Fsp3) is 0.222. The van der Waals surface area contributed by atoms with Crippen molar-refractivity contribution in [3.05, 3.63) is 59.7 Å². The minimum atomic E-state index is -0.334. The molecule has 0 unspecified atom stereocenters. The van der Waals surface area contributed by atoms with E-state index in [1.54, 1.807) is 18.3 Å². The monoisotopic (exact) mass is 312 g/mol. The highest BCUT2D eigenvalue weighted by atomic mass is 16.5. The molecule has 5 nitrogen and oxygen atoms in total. The van der Waals surface area contributed by atoms with Crippen LogP contribution in [0.1, 0.15) is 18.1 Å². The van der Waals surface area contributed by atoms with Gasteiger partial charge in [0.25, 0.3) is 5.91 Å². The Morgan fingerprint density at radius 1 is 1.09 bits per heavy atom. The minimum absolute atomic E-state index is 0.130. The minimum Gasteiger partial charge on any atom is -0.490 e. The van der Waals surface area contributed by atoms with Crippen LogP contribution in [0.25, 0.3) is 0 Å². The molecule has 2 rings (SSSR count). The van der Waals surface area contributed by atoms with Gasteiger partial charge in [0.05, 0.1) is 12.8 Å². The first-order chi connectivity index (χ1) is 11.2. The number of amides is 1. The molecule has 0 saturated heterocycles. The number of para-hydroxylation sites is 2. The standard InChI is InChI=1S/C18H20N2O3/c1-3-22-16-6-4-5-7-17(16)23-13-18(21)20-19-12-15-10-8-14(2)9-11-15/h4-12H,3,13H2,1-2H3,(H,20,21)/b19-12+. The van der Waals surface area contributed by atoms with Gasteiger partial charge in [0.15, 0.2) is 18.1 Å². The third kappa shape index (κ3) is 5.47. The van der Waals surface area contributed by atoms with Crippen LogP contribution in [0.2, 0.25) is 0 Å². The molecule has 0 saturated carbocycles. The van der Waals surface area contributed by atoms with Crippen LogP contribution in [0, 0.1) is 6.92 Å². The zero-order chi connectivity index (χ0) is 16.5. The van der Waals surface area contributed by atoms with Gasteiger partial charge in [-0.1, -0.05) is 42.0 Å². The van der Waals surface area contributed by atoms with Crippen LogP contribution in [0.4, 0.5) is 0 Å². The van der Waals surface area contributed by atoms with Crippen molar-refractivity contribution in [2.24, 2.45) is 5.10 Å². The van der Waals surface area contributed by atoms with E-state index >= 15 is 0 Å². The van der Waals surface area contributed by atoms with E-state index in [4.69, 9.17) is 9.47 Å². The van der Waals surface area contributed by atoms with Crippen molar-refractivity contribution < 1.29 is 14.3 Å². The van der Waals surface area contributed by atoms with Gasteiger partial charge in [-0.05, 0) is 31.5 Å². The van der Waals surface area contributed by atoms with Crippen molar-refractivity contribution >= 4 is 12.1 Å². The third-order valence-electron chi connectivity index (χ3n) is 2.99. The van der Waals surface area contributed by atoms with Crippen molar-refractivity contribution in [2.75, 3.05) is 13.2 Å². The summed E-state index contributed by atoms with van der Waals surface area (Å²) in [6.07, 6.45) is 1.59. The van der Waals surface area contributed by atoms with E-state index in [-0.39, 0.29) is 12.5 Å². The van der Waals surface area contributed by atoms with Crippen LogP contribution in [-0.2, 0) is 4.79 Å². The van der Waals surface area contributed by atoms with Crippen LogP contribution in [0.15, 0.2) is 53.6 Å². The molecule has 120 valence electrons. The lowest BCUT2D eigenvalue weighted by atomic mass is 10.2. The molecule has 0 radical (unpaired) electrons. The lowest BCUT2D eigenvalue weighted by Crippen LogP contribution is -2.24. The SMILES string of the molecule is CCOc1ccccc1OCC(=O)N/N=C/c1ccc(C)cc1. The molecular weight excluding hydrogens is 292 g/mol. The predicted octanol–water partition coefficient (Wildman–Crippen LogP) is 2.92. The van der Waals surface area contributed by atoms with E-state index in [0.717, 1.165) is 5.56 Å². The van der Waals surface area contributed by atoms with Gasteiger partial charge in [-0.15, -0.1) is 0 Å². The van der Waals surface area contributed by atoms with Crippen LogP contribution >= 0.6 is 0 Å². The molecule has 0 fully saturated rings. The van der Waals surface area contributed by atoms with E-state index in [9.17, 15) is 4.79 Å². The molecule has 0 aliphatic rings. The van der Waals surface area contributed by atoms with Gasteiger partial charge in [0.2, 0.25) is 0 Å². The maximum atomic E-state index is 11.7. The first-order valence-electron chi connectivity index (χ1n) is 7.42. The fourth-order valence-electron chi connectivity index (χ4n) is 1.85. The molecule has 0 heterocycles. The highest BCUT2D eigenvalue weighted by Gasteiger charge is 2.06. The van der Waals surface area contributed by atoms with E-state index in [1.165, 1.54) is 5.56 Å². The number of hydrogen-bond donors (Lipinski definition) is 1. The second-order valence-electron chi connectivity index (χ2n) is 4.87. The number of hydrogen-bond acceptors (Lipinski definition) is 4. The summed E-state index contributed by atoms with van der Waals surface area (Å²) in [7, 11) is 0. The highest BCUT2D eigenvalue weighted by Crippen LogP contribution is 2.26. The van der Waals surface area contributed by atoms with Crippen molar-refractivity contribution in [2.45, 2.75) is 13.8 Å². The molecule has 2 aromatic rings. The Morgan fingerprint density at radius 2 is 1.74 bits per heavy atom. The number of hydrazone groups is 1. The number of ether oxygens (including phenoxy) is 2. The van der Waals surface area contributed by atoms with Crippen molar-refractivity contribution in [1.82, 2.24) is 5.43 Å². The maximum absolute atomic E-state index is 11.7. The number of rotatable bonds is 7. The average Bonchev–Trinajstić information content (AvgIpc) is 2.56. The van der Waals surface area contributed by atoms with Crippen LogP contribution in [0.5, 0.6) is 11.5 Å². The first kappa shape index (κ1) is 16.5. The molecule has 0 aromatic heterocycles. The molecule has 0 spiro atoms. The zero-order valence-corrected chi connectivity index (χ0v) is 13.3. The van der Waals surface area contributed by atoms with Crippen LogP contribution in [-0.4, -0.2) is 25.3 Å². The number of carbonyl (C=O) groups excluding carboxylic acids is 1. The summed E-state index contributed by atoms with van der Waals surface area (Å²) in [5.41, 5.74) is 4.52. The van der Waals surface area contributed by atoms with Crippen molar-refractivity contribution in [3.8, 4) is 11.5 Å². The Kier molecular flexibility index (Phi) is 6.17. The molecule has 1 amide bonds. The molecule has 1 N–H and O–H groups in total. The zero-order valence-electron chi connectivity index (χ0n) is 13.3. The molecule has 0 atom stereocenters. The molecule has 5 heteroatoms. The van der Waals surface area contributed by atoms with E-state index in [1.807, 2.05) is 50.2 Å². The van der Waals surface area contributed by atoms with Gasteiger partial charge in [-0.2, -0.15) is 5.10 Å². The fourth-order valence-corrected chi connectivity index (χ4v) is 1.85. The number of carbonyl (C=O) groups is 1. The molecule has 0 aliphatic carbocycles. The molecule has 0 aliphatic heterocycles. The molecular formula is C18H20N2O3. The number of aryl methyl sites for hydroxylation is 1. The highest BCUT2D eigenvalue weighted by molar-refractivity contribution is 5.82. The van der Waals surface area contributed by atoms with Crippen molar-refractivity contribution in [3.63, 3.8) is 0 Å². The Hall–Kier alpha value is -2.82. The Bertz CT molecular complexity index is 666. The predicted molar refractivity (Wildman–Crippen MR) is 90.0 cm³/mol. The van der Waals surface area contributed by atoms with Gasteiger partial charge in [0, 0.05) is 0 Å². The summed E-state index contributed by atoms with van der Waals surface area (Å²) < 4.78 is 10.9. The van der Waals surface area contributed by atoms with E-state index < -0.39 is 0 Å². The molecule has 23 heavy (non-hydrogen) atoms. The average molecular weight is 312 g/mol. The van der Waals surface area contributed by atoms with Crippen molar-refractivity contribution in [1.29, 1.82) is 0 Å². The molecule has 0 bridgehead atoms. The molecule has 2 aromatic carbocycles. The third-order valence-corrected chi connectivity index (χ3v) is 2.99. The second kappa shape index (κ2) is 8.58. The quantitative estimate of drug-likeness (QED) is 0.631. The smallest absolute Gasteiger partial charge is 0.277 e. The summed E-state index contributed by atoms with van der Waals surface area (Å²) >= 11 is 0. The Morgan fingerprint density at radius 3 is 2.39 bits per heavy atom. The number of nitrogens with one attached hydrogen (secondary N) is 1. The first-order valence-corrected chi connectivity index (χ1v) is 7.42. The summed E-state index contributed by atoms with van der Waals surface area (Å²) in [5.74, 6) is 0.817. The number of benzene rings is 2. The van der Waals surface area contributed by atoms with Crippen LogP contribution in [0.3, 0.4) is 0 Å². The Labute approximate surface area is 135 Å². The summed E-state index contributed by atoms with van der Waals surface area (Å²) in [6.45, 7) is 4.31. The van der Waals surface area contributed by atoms with Gasteiger partial charge in [0.1, 0.15) is 0 Å².